The Balaban J connectivity index is 0.000000319. The second-order valence-corrected chi connectivity index (χ2v) is 16.9. The molecular formula is C53H74N12O5. The molecular weight excluding hydrogens is 885 g/mol. The Kier molecular flexibility index (Phi) is 21.8. The molecule has 17 heteroatoms. The Bertz CT molecular complexity index is 2240. The van der Waals surface area contributed by atoms with E-state index in [4.69, 9.17) is 34.4 Å². The normalized spacial score (nSPS) is 11.9. The van der Waals surface area contributed by atoms with Crippen LogP contribution < -0.4 is 59.3 Å². The van der Waals surface area contributed by atoms with Gasteiger partial charge >= 0.3 is 0 Å². The molecule has 70 heavy (non-hydrogen) atoms. The third-order valence-corrected chi connectivity index (χ3v) is 11.7. The van der Waals surface area contributed by atoms with E-state index in [0.717, 1.165) is 72.3 Å². The minimum atomic E-state index is -0.960. The average molecular weight is 959 g/mol. The summed E-state index contributed by atoms with van der Waals surface area (Å²) in [4.78, 5) is 10.3. The van der Waals surface area contributed by atoms with Crippen LogP contribution in [0.5, 0.6) is 0 Å². The summed E-state index contributed by atoms with van der Waals surface area (Å²) in [6, 6.07) is 45.6. The van der Waals surface area contributed by atoms with Crippen LogP contribution in [0.4, 0.5) is 68.2 Å². The maximum atomic E-state index is 12.2. The molecule has 0 bridgehead atoms. The second-order valence-electron chi connectivity index (χ2n) is 16.9. The van der Waals surface area contributed by atoms with Crippen molar-refractivity contribution >= 4 is 68.2 Å². The van der Waals surface area contributed by atoms with Crippen LogP contribution in [0.1, 0.15) is 12.8 Å². The smallest absolute Gasteiger partial charge is 0.134 e. The summed E-state index contributed by atoms with van der Waals surface area (Å²) < 4.78 is 0. The summed E-state index contributed by atoms with van der Waals surface area (Å²) in [5, 5.41) is 53.8. The predicted molar refractivity (Wildman–Crippen MR) is 291 cm³/mol. The highest BCUT2D eigenvalue weighted by molar-refractivity contribution is 5.70. The Hall–Kier alpha value is -7.12. The zero-order valence-electron chi connectivity index (χ0n) is 40.1. The molecule has 0 saturated heterocycles. The largest absolute Gasteiger partial charge is 0.399 e. The highest BCUT2D eigenvalue weighted by Crippen LogP contribution is 2.35. The molecule has 0 amide bonds. The molecule has 0 spiro atoms. The van der Waals surface area contributed by atoms with Crippen molar-refractivity contribution in [3.63, 3.8) is 0 Å². The third kappa shape index (κ3) is 16.8. The molecule has 0 fully saturated rings. The second kappa shape index (κ2) is 28.4. The topological polar surface area (TPSA) is 285 Å². The van der Waals surface area contributed by atoms with Crippen molar-refractivity contribution < 1.29 is 25.5 Å². The van der Waals surface area contributed by atoms with Crippen LogP contribution in [0.2, 0.25) is 0 Å². The number of nitrogens with two attached hydrogens (primary N) is 6. The molecule has 6 aromatic carbocycles. The van der Waals surface area contributed by atoms with E-state index >= 15 is 0 Å². The van der Waals surface area contributed by atoms with Gasteiger partial charge in [-0.2, -0.15) is 0 Å². The molecule has 6 rings (SSSR count). The van der Waals surface area contributed by atoms with Gasteiger partial charge in [0, 0.05) is 127 Å². The summed E-state index contributed by atoms with van der Waals surface area (Å²) in [5.74, 6) is 0. The molecule has 376 valence electrons. The molecule has 0 aliphatic heterocycles. The maximum Gasteiger partial charge on any atom is 0.134 e. The van der Waals surface area contributed by atoms with Gasteiger partial charge in [-0.25, -0.2) is 0 Å². The molecule has 0 saturated carbocycles. The fourth-order valence-corrected chi connectivity index (χ4v) is 8.09. The van der Waals surface area contributed by atoms with Crippen molar-refractivity contribution in [3.8, 4) is 0 Å². The number of unbranched alkanes of at least 4 members (excludes halogenated alkanes) is 1. The van der Waals surface area contributed by atoms with Gasteiger partial charge in [0.05, 0.1) is 26.4 Å². The number of rotatable bonds is 27. The van der Waals surface area contributed by atoms with Crippen LogP contribution in [0.25, 0.3) is 0 Å². The quantitative estimate of drug-likeness (QED) is 0.0190. The van der Waals surface area contributed by atoms with Crippen molar-refractivity contribution in [1.29, 1.82) is 0 Å². The summed E-state index contributed by atoms with van der Waals surface area (Å²) in [7, 11) is 0. The van der Waals surface area contributed by atoms with E-state index in [2.05, 4.69) is 24.9 Å². The fraction of sp³-hybridized carbons (Fsp3) is 0.321. The number of anilines is 12. The predicted octanol–water partition coefficient (Wildman–Crippen LogP) is 4.67. The van der Waals surface area contributed by atoms with E-state index in [1.54, 1.807) is 0 Å². The van der Waals surface area contributed by atoms with Gasteiger partial charge in [-0.05, 0) is 158 Å². The van der Waals surface area contributed by atoms with Gasteiger partial charge in [0.15, 0.2) is 0 Å². The highest BCUT2D eigenvalue weighted by atomic mass is 16.3. The van der Waals surface area contributed by atoms with Gasteiger partial charge in [-0.15, -0.1) is 0 Å². The Labute approximate surface area is 412 Å². The third-order valence-electron chi connectivity index (χ3n) is 11.7. The monoisotopic (exact) mass is 959 g/mol. The average Bonchev–Trinajstić information content (AvgIpc) is 3.35. The number of nitrogens with one attached hydrogen (secondary N) is 1. The number of hydrogen-bond acceptors (Lipinski definition) is 17. The number of aliphatic hydroxyl groups excluding tert-OH is 5. The molecule has 0 aliphatic carbocycles. The molecule has 2 unspecified atom stereocenters. The first-order chi connectivity index (χ1) is 33.9. The molecule has 2 atom stereocenters. The SMILES string of the molecule is Nc1ccc(N(CCO)CCN(CCO)c2ccc(N)cc2)cc1.Nc1ccc(NCCCCN(c2ccc(N)cc2)C(C(O)CN(CCO)CCO)N(c2ccc(N)cc2)c2ccc(N)cc2)cc1. The summed E-state index contributed by atoms with van der Waals surface area (Å²) in [6.07, 6.45) is 0.0902. The van der Waals surface area contributed by atoms with Crippen LogP contribution in [-0.2, 0) is 0 Å². The zero-order chi connectivity index (χ0) is 50.3. The van der Waals surface area contributed by atoms with Crippen LogP contribution in [-0.4, -0.2) is 128 Å². The van der Waals surface area contributed by atoms with Crippen molar-refractivity contribution in [2.45, 2.75) is 25.1 Å². The fourth-order valence-electron chi connectivity index (χ4n) is 8.09. The van der Waals surface area contributed by atoms with Crippen molar-refractivity contribution in [2.75, 3.05) is 145 Å². The van der Waals surface area contributed by atoms with Crippen molar-refractivity contribution in [1.82, 2.24) is 4.90 Å². The Morgan fingerprint density at radius 3 is 1.10 bits per heavy atom. The molecule has 17 nitrogen and oxygen atoms in total. The van der Waals surface area contributed by atoms with Gasteiger partial charge < -0.3 is 84.9 Å². The van der Waals surface area contributed by atoms with E-state index in [0.29, 0.717) is 61.2 Å². The number of hydrogen-bond donors (Lipinski definition) is 12. The summed E-state index contributed by atoms with van der Waals surface area (Å²) in [6.45, 7) is 4.66. The van der Waals surface area contributed by atoms with Crippen molar-refractivity contribution in [3.05, 3.63) is 146 Å². The Morgan fingerprint density at radius 2 is 0.729 bits per heavy atom. The lowest BCUT2D eigenvalue weighted by atomic mass is 10.1. The van der Waals surface area contributed by atoms with Crippen LogP contribution in [0.3, 0.4) is 0 Å². The first kappa shape index (κ1) is 53.8. The maximum absolute atomic E-state index is 12.2. The zero-order valence-corrected chi connectivity index (χ0v) is 40.1. The number of benzene rings is 6. The lowest BCUT2D eigenvalue weighted by Crippen LogP contribution is -2.57. The molecule has 6 aromatic rings. The summed E-state index contributed by atoms with van der Waals surface area (Å²) in [5.41, 5.74) is 45.2. The summed E-state index contributed by atoms with van der Waals surface area (Å²) >= 11 is 0. The number of nitrogen functional groups attached to an aromatic ring is 6. The molecule has 0 heterocycles. The van der Waals surface area contributed by atoms with Crippen LogP contribution in [0, 0.1) is 0 Å². The first-order valence-electron chi connectivity index (χ1n) is 23.7. The van der Waals surface area contributed by atoms with E-state index in [9.17, 15) is 25.5 Å². The Morgan fingerprint density at radius 1 is 0.386 bits per heavy atom. The highest BCUT2D eigenvalue weighted by Gasteiger charge is 2.35. The molecule has 0 radical (unpaired) electrons. The van der Waals surface area contributed by atoms with Gasteiger partial charge in [-0.3, -0.25) is 4.90 Å². The van der Waals surface area contributed by atoms with Gasteiger partial charge in [-0.1, -0.05) is 0 Å². The van der Waals surface area contributed by atoms with Crippen LogP contribution >= 0.6 is 0 Å². The van der Waals surface area contributed by atoms with E-state index in [-0.39, 0.29) is 33.0 Å². The minimum Gasteiger partial charge on any atom is -0.399 e. The van der Waals surface area contributed by atoms with Crippen molar-refractivity contribution in [2.24, 2.45) is 0 Å². The standard InChI is InChI=1S/C35H48N8O3.C18H26N4O2/c36-26-3-11-30(12-4-26)40-19-1-2-20-42(31-13-5-27(37)6-14-31)35(34(46)25-41(21-23-44)22-24-45)43(32-15-7-28(38)8-16-32)33-17-9-29(39)10-18-33;19-15-1-5-17(6-2-15)21(11-13-23)9-10-22(12-14-24)18-7-3-16(20)4-8-18/h3-18,34-35,40,44-46H,1-2,19-25,36-39H2;1-8,23-24H,9-14,19-20H2. The number of nitrogens with zero attached hydrogens (tertiary/aromatic N) is 5. The van der Waals surface area contributed by atoms with Crippen LogP contribution in [0.15, 0.2) is 146 Å². The van der Waals surface area contributed by atoms with E-state index in [1.807, 2.05) is 150 Å². The molecule has 0 aliphatic rings. The van der Waals surface area contributed by atoms with E-state index < -0.39 is 12.3 Å². The number of aliphatic hydroxyl groups is 5. The first-order valence-corrected chi connectivity index (χ1v) is 23.7. The molecule has 18 N–H and O–H groups in total. The lowest BCUT2D eigenvalue weighted by Gasteiger charge is -2.45. The minimum absolute atomic E-state index is 0.0756. The van der Waals surface area contributed by atoms with Gasteiger partial charge in [0.25, 0.3) is 0 Å². The van der Waals surface area contributed by atoms with E-state index in [1.165, 1.54) is 0 Å². The lowest BCUT2D eigenvalue weighted by molar-refractivity contribution is 0.0710. The van der Waals surface area contributed by atoms with Gasteiger partial charge in [0.1, 0.15) is 12.3 Å². The van der Waals surface area contributed by atoms with Gasteiger partial charge in [0.2, 0.25) is 0 Å². The molecule has 0 aromatic heterocycles.